The van der Waals surface area contributed by atoms with Crippen molar-refractivity contribution in [2.24, 2.45) is 5.73 Å². The number of hydrogen-bond donors (Lipinski definition) is 2. The lowest BCUT2D eigenvalue weighted by Gasteiger charge is -2.11. The summed E-state index contributed by atoms with van der Waals surface area (Å²) in [5.74, 6) is 0. The molecule has 0 saturated carbocycles. The quantitative estimate of drug-likeness (QED) is 0.558. The topological polar surface area (TPSA) is 29.3 Å². The SMILES string of the molecule is CN(C)CCC(S)CN. The summed E-state index contributed by atoms with van der Waals surface area (Å²) in [4.78, 5) is 2.14. The number of nitrogens with zero attached hydrogens (tertiary/aromatic N) is 1. The van der Waals surface area contributed by atoms with E-state index >= 15 is 0 Å². The average Bonchev–Trinajstić information content (AvgIpc) is 1.83. The highest BCUT2D eigenvalue weighted by Gasteiger charge is 1.98. The van der Waals surface area contributed by atoms with Crippen LogP contribution in [-0.4, -0.2) is 37.3 Å². The van der Waals surface area contributed by atoms with Gasteiger partial charge in [0.15, 0.2) is 0 Å². The third-order valence-electron chi connectivity index (χ3n) is 1.18. The van der Waals surface area contributed by atoms with Gasteiger partial charge >= 0.3 is 0 Å². The highest BCUT2D eigenvalue weighted by molar-refractivity contribution is 7.81. The smallest absolute Gasteiger partial charge is 0.0152 e. The van der Waals surface area contributed by atoms with E-state index in [4.69, 9.17) is 5.73 Å². The fourth-order valence-corrected chi connectivity index (χ4v) is 0.641. The lowest BCUT2D eigenvalue weighted by atomic mass is 10.3. The fraction of sp³-hybridized carbons (Fsp3) is 1.00. The van der Waals surface area contributed by atoms with E-state index in [9.17, 15) is 0 Å². The maximum absolute atomic E-state index is 5.36. The van der Waals surface area contributed by atoms with Crippen molar-refractivity contribution in [1.82, 2.24) is 4.90 Å². The molecule has 0 aliphatic rings. The van der Waals surface area contributed by atoms with Crippen LogP contribution in [0.25, 0.3) is 0 Å². The lowest BCUT2D eigenvalue weighted by molar-refractivity contribution is 0.398. The average molecular weight is 148 g/mol. The molecule has 2 N–H and O–H groups in total. The molecule has 0 bridgehead atoms. The number of hydrogen-bond acceptors (Lipinski definition) is 3. The molecule has 0 rings (SSSR count). The Morgan fingerprint density at radius 1 is 1.56 bits per heavy atom. The van der Waals surface area contributed by atoms with Crippen LogP contribution in [0.2, 0.25) is 0 Å². The molecule has 0 amide bonds. The molecule has 0 spiro atoms. The van der Waals surface area contributed by atoms with Crippen LogP contribution in [0.5, 0.6) is 0 Å². The summed E-state index contributed by atoms with van der Waals surface area (Å²) in [5.41, 5.74) is 5.36. The highest BCUT2D eigenvalue weighted by atomic mass is 32.1. The van der Waals surface area contributed by atoms with Gasteiger partial charge in [0.25, 0.3) is 0 Å². The number of thiol groups is 1. The molecule has 56 valence electrons. The number of rotatable bonds is 4. The maximum Gasteiger partial charge on any atom is 0.0152 e. The second kappa shape index (κ2) is 5.09. The molecule has 0 aromatic carbocycles. The minimum Gasteiger partial charge on any atom is -0.329 e. The van der Waals surface area contributed by atoms with Gasteiger partial charge in [0, 0.05) is 11.8 Å². The summed E-state index contributed by atoms with van der Waals surface area (Å²) in [7, 11) is 4.11. The van der Waals surface area contributed by atoms with Crippen LogP contribution < -0.4 is 5.73 Å². The Kier molecular flexibility index (Phi) is 5.24. The normalized spacial score (nSPS) is 14.3. The van der Waals surface area contributed by atoms with Crippen molar-refractivity contribution in [2.75, 3.05) is 27.2 Å². The van der Waals surface area contributed by atoms with E-state index in [2.05, 4.69) is 31.6 Å². The van der Waals surface area contributed by atoms with Gasteiger partial charge in [0.2, 0.25) is 0 Å². The molecule has 1 unspecified atom stereocenters. The first kappa shape index (κ1) is 9.27. The van der Waals surface area contributed by atoms with Crippen molar-refractivity contribution in [3.8, 4) is 0 Å². The molecule has 0 heterocycles. The van der Waals surface area contributed by atoms with Gasteiger partial charge in [-0.25, -0.2) is 0 Å². The zero-order chi connectivity index (χ0) is 7.28. The van der Waals surface area contributed by atoms with Gasteiger partial charge in [-0.1, -0.05) is 0 Å². The van der Waals surface area contributed by atoms with Gasteiger partial charge in [-0.05, 0) is 27.1 Å². The molecule has 0 aliphatic carbocycles. The van der Waals surface area contributed by atoms with E-state index in [-0.39, 0.29) is 0 Å². The Bertz CT molecular complexity index is 66.1. The Morgan fingerprint density at radius 2 is 2.11 bits per heavy atom. The third kappa shape index (κ3) is 6.15. The Hall–Kier alpha value is 0.270. The van der Waals surface area contributed by atoms with Crippen LogP contribution in [0.3, 0.4) is 0 Å². The van der Waals surface area contributed by atoms with Crippen LogP contribution >= 0.6 is 12.6 Å². The van der Waals surface area contributed by atoms with Crippen LogP contribution in [0, 0.1) is 0 Å². The summed E-state index contributed by atoms with van der Waals surface area (Å²) in [5, 5.41) is 0.368. The molecular weight excluding hydrogens is 132 g/mol. The van der Waals surface area contributed by atoms with Crippen LogP contribution in [-0.2, 0) is 0 Å². The predicted octanol–water partition coefficient (Wildman–Crippen LogP) is 0.195. The van der Waals surface area contributed by atoms with E-state index in [1.807, 2.05) is 0 Å². The second-order valence-electron chi connectivity index (χ2n) is 2.48. The van der Waals surface area contributed by atoms with Gasteiger partial charge in [-0.2, -0.15) is 12.6 Å². The van der Waals surface area contributed by atoms with Crippen LogP contribution in [0.1, 0.15) is 6.42 Å². The Balaban J connectivity index is 3.06. The minimum atomic E-state index is 0.368. The maximum atomic E-state index is 5.36. The third-order valence-corrected chi connectivity index (χ3v) is 1.65. The molecule has 9 heavy (non-hydrogen) atoms. The highest BCUT2D eigenvalue weighted by Crippen LogP contribution is 1.98. The summed E-state index contributed by atoms with van der Waals surface area (Å²) < 4.78 is 0. The van der Waals surface area contributed by atoms with Crippen molar-refractivity contribution in [3.63, 3.8) is 0 Å². The molecule has 0 aromatic heterocycles. The molecule has 0 saturated heterocycles. The first-order chi connectivity index (χ1) is 4.16. The molecule has 0 fully saturated rings. The van der Waals surface area contributed by atoms with E-state index in [1.165, 1.54) is 0 Å². The van der Waals surface area contributed by atoms with Crippen molar-refractivity contribution in [1.29, 1.82) is 0 Å². The van der Waals surface area contributed by atoms with Gasteiger partial charge < -0.3 is 10.6 Å². The largest absolute Gasteiger partial charge is 0.329 e. The minimum absolute atomic E-state index is 0.368. The van der Waals surface area contributed by atoms with Gasteiger partial charge in [0.1, 0.15) is 0 Å². The molecule has 0 radical (unpaired) electrons. The summed E-state index contributed by atoms with van der Waals surface area (Å²) in [6.45, 7) is 1.75. The standard InChI is InChI=1S/C6H16N2S/c1-8(2)4-3-6(9)5-7/h6,9H,3-5,7H2,1-2H3. The van der Waals surface area contributed by atoms with E-state index in [1.54, 1.807) is 0 Å². The zero-order valence-electron chi connectivity index (χ0n) is 6.17. The molecule has 0 aromatic rings. The lowest BCUT2D eigenvalue weighted by Crippen LogP contribution is -2.21. The first-order valence-corrected chi connectivity index (χ1v) is 3.71. The second-order valence-corrected chi connectivity index (χ2v) is 3.21. The Morgan fingerprint density at radius 3 is 2.44 bits per heavy atom. The molecule has 0 aliphatic heterocycles. The van der Waals surface area contributed by atoms with E-state index < -0.39 is 0 Å². The molecule has 1 atom stereocenters. The first-order valence-electron chi connectivity index (χ1n) is 3.19. The molecule has 3 heteroatoms. The van der Waals surface area contributed by atoms with Gasteiger partial charge in [-0.15, -0.1) is 0 Å². The van der Waals surface area contributed by atoms with Crippen LogP contribution in [0.15, 0.2) is 0 Å². The van der Waals surface area contributed by atoms with Gasteiger partial charge in [0.05, 0.1) is 0 Å². The molecule has 2 nitrogen and oxygen atoms in total. The van der Waals surface area contributed by atoms with Crippen molar-refractivity contribution < 1.29 is 0 Å². The predicted molar refractivity (Wildman–Crippen MR) is 45.0 cm³/mol. The number of nitrogens with two attached hydrogens (primary N) is 1. The van der Waals surface area contributed by atoms with E-state index in [0.29, 0.717) is 11.8 Å². The van der Waals surface area contributed by atoms with Crippen molar-refractivity contribution in [2.45, 2.75) is 11.7 Å². The Labute approximate surface area is 62.8 Å². The van der Waals surface area contributed by atoms with Crippen molar-refractivity contribution >= 4 is 12.6 Å². The van der Waals surface area contributed by atoms with Crippen molar-refractivity contribution in [3.05, 3.63) is 0 Å². The summed E-state index contributed by atoms with van der Waals surface area (Å²) >= 11 is 4.25. The van der Waals surface area contributed by atoms with Gasteiger partial charge in [-0.3, -0.25) is 0 Å². The summed E-state index contributed by atoms with van der Waals surface area (Å²) in [6.07, 6.45) is 1.08. The zero-order valence-corrected chi connectivity index (χ0v) is 7.06. The van der Waals surface area contributed by atoms with E-state index in [0.717, 1.165) is 13.0 Å². The molecular formula is C6H16N2S. The monoisotopic (exact) mass is 148 g/mol. The van der Waals surface area contributed by atoms with Crippen LogP contribution in [0.4, 0.5) is 0 Å². The summed E-state index contributed by atoms with van der Waals surface area (Å²) in [6, 6.07) is 0. The fourth-order valence-electron chi connectivity index (χ4n) is 0.525.